The average molecular weight is 318 g/mol. The molecular formula is C15H22BrCl. The quantitative estimate of drug-likeness (QED) is 0.593. The lowest BCUT2D eigenvalue weighted by Crippen LogP contribution is -2.02. The summed E-state index contributed by atoms with van der Waals surface area (Å²) in [5, 5.41) is 0. The van der Waals surface area contributed by atoms with E-state index < -0.39 is 0 Å². The van der Waals surface area contributed by atoms with Gasteiger partial charge in [-0.15, -0.1) is 11.6 Å². The molecule has 96 valence electrons. The van der Waals surface area contributed by atoms with Crippen molar-refractivity contribution in [2.24, 2.45) is 5.92 Å². The van der Waals surface area contributed by atoms with E-state index in [1.807, 2.05) is 0 Å². The Morgan fingerprint density at radius 1 is 1.18 bits per heavy atom. The highest BCUT2D eigenvalue weighted by Gasteiger charge is 2.13. The Morgan fingerprint density at radius 3 is 2.29 bits per heavy atom. The van der Waals surface area contributed by atoms with Crippen LogP contribution in [0.3, 0.4) is 0 Å². The summed E-state index contributed by atoms with van der Waals surface area (Å²) in [5.74, 6) is 1.86. The van der Waals surface area contributed by atoms with E-state index in [1.165, 1.54) is 27.6 Å². The number of rotatable bonds is 5. The predicted molar refractivity (Wildman–Crippen MR) is 80.9 cm³/mol. The summed E-state index contributed by atoms with van der Waals surface area (Å²) >= 11 is 9.70. The molecule has 0 spiro atoms. The molecule has 0 bridgehead atoms. The van der Waals surface area contributed by atoms with Crippen LogP contribution in [0.1, 0.15) is 56.7 Å². The van der Waals surface area contributed by atoms with Crippen molar-refractivity contribution in [2.75, 3.05) is 0 Å². The highest BCUT2D eigenvalue weighted by atomic mass is 79.9. The Bertz CT molecular complexity index is 371. The molecule has 0 saturated heterocycles. The molecule has 1 unspecified atom stereocenters. The second-order valence-electron chi connectivity index (χ2n) is 5.18. The minimum Gasteiger partial charge on any atom is -0.122 e. The van der Waals surface area contributed by atoms with Crippen LogP contribution < -0.4 is 0 Å². The minimum absolute atomic E-state index is 0.597. The van der Waals surface area contributed by atoms with E-state index >= 15 is 0 Å². The van der Waals surface area contributed by atoms with Crippen molar-refractivity contribution in [3.8, 4) is 0 Å². The molecule has 1 aromatic carbocycles. The fourth-order valence-corrected chi connectivity index (χ4v) is 3.06. The monoisotopic (exact) mass is 316 g/mol. The summed E-state index contributed by atoms with van der Waals surface area (Å²) in [5.41, 5.74) is 4.09. The van der Waals surface area contributed by atoms with Crippen LogP contribution in [0.2, 0.25) is 0 Å². The van der Waals surface area contributed by atoms with Gasteiger partial charge < -0.3 is 0 Å². The van der Waals surface area contributed by atoms with Crippen molar-refractivity contribution < 1.29 is 0 Å². The van der Waals surface area contributed by atoms with Crippen LogP contribution in [0.5, 0.6) is 0 Å². The molecule has 0 radical (unpaired) electrons. The topological polar surface area (TPSA) is 0 Å². The normalized spacial score (nSPS) is 13.1. The Morgan fingerprint density at radius 2 is 1.82 bits per heavy atom. The summed E-state index contributed by atoms with van der Waals surface area (Å²) < 4.78 is 1.20. The number of hydrogen-bond donors (Lipinski definition) is 0. The Balaban J connectivity index is 3.17. The van der Waals surface area contributed by atoms with Crippen LogP contribution in [0.25, 0.3) is 0 Å². The average Bonchev–Trinajstić information content (AvgIpc) is 2.29. The van der Waals surface area contributed by atoms with Crippen molar-refractivity contribution in [3.05, 3.63) is 33.3 Å². The zero-order chi connectivity index (χ0) is 13.0. The van der Waals surface area contributed by atoms with Gasteiger partial charge in [-0.2, -0.15) is 0 Å². The zero-order valence-corrected chi connectivity index (χ0v) is 13.5. The van der Waals surface area contributed by atoms with Crippen LogP contribution in [0.4, 0.5) is 0 Å². The van der Waals surface area contributed by atoms with E-state index in [0.717, 1.165) is 6.42 Å². The SMILES string of the molecule is CCC(C)c1cc(CC(C)C)c(CCl)cc1Br. The maximum atomic E-state index is 6.03. The second-order valence-corrected chi connectivity index (χ2v) is 6.30. The molecule has 0 aliphatic heterocycles. The summed E-state index contributed by atoms with van der Waals surface area (Å²) in [4.78, 5) is 0. The Hall–Kier alpha value is -0.0100. The lowest BCUT2D eigenvalue weighted by molar-refractivity contribution is 0.641. The molecule has 0 N–H and O–H groups in total. The van der Waals surface area contributed by atoms with Crippen LogP contribution in [0.15, 0.2) is 16.6 Å². The van der Waals surface area contributed by atoms with E-state index in [0.29, 0.717) is 17.7 Å². The molecule has 0 fully saturated rings. The summed E-state index contributed by atoms with van der Waals surface area (Å²) in [6.45, 7) is 9.01. The highest BCUT2D eigenvalue weighted by molar-refractivity contribution is 9.10. The first kappa shape index (κ1) is 15.0. The zero-order valence-electron chi connectivity index (χ0n) is 11.2. The predicted octanol–water partition coefficient (Wildman–Crippen LogP) is 5.90. The molecule has 17 heavy (non-hydrogen) atoms. The third kappa shape index (κ3) is 3.99. The summed E-state index contributed by atoms with van der Waals surface area (Å²) in [7, 11) is 0. The van der Waals surface area contributed by atoms with Gasteiger partial charge in [0.15, 0.2) is 0 Å². The van der Waals surface area contributed by atoms with Gasteiger partial charge in [0.1, 0.15) is 0 Å². The van der Waals surface area contributed by atoms with Gasteiger partial charge >= 0.3 is 0 Å². The van der Waals surface area contributed by atoms with E-state index in [-0.39, 0.29) is 0 Å². The van der Waals surface area contributed by atoms with Crippen molar-refractivity contribution in [3.63, 3.8) is 0 Å². The van der Waals surface area contributed by atoms with Crippen LogP contribution >= 0.6 is 27.5 Å². The number of hydrogen-bond acceptors (Lipinski definition) is 0. The second kappa shape index (κ2) is 6.80. The van der Waals surface area contributed by atoms with E-state index in [4.69, 9.17) is 11.6 Å². The standard InChI is InChI=1S/C15H22BrCl/c1-5-11(4)14-7-12(6-10(2)3)13(9-17)8-15(14)16/h7-8,10-11H,5-6,9H2,1-4H3. The number of halogens is 2. The van der Waals surface area contributed by atoms with Gasteiger partial charge in [0.05, 0.1) is 0 Å². The molecule has 0 nitrogen and oxygen atoms in total. The third-order valence-electron chi connectivity index (χ3n) is 3.23. The number of benzene rings is 1. The van der Waals surface area contributed by atoms with Gasteiger partial charge in [0.25, 0.3) is 0 Å². The third-order valence-corrected chi connectivity index (χ3v) is 4.21. The summed E-state index contributed by atoms with van der Waals surface area (Å²) in [6.07, 6.45) is 2.28. The fraction of sp³-hybridized carbons (Fsp3) is 0.600. The molecule has 0 amide bonds. The van der Waals surface area contributed by atoms with Gasteiger partial charge in [-0.3, -0.25) is 0 Å². The smallest absolute Gasteiger partial charge is 0.0477 e. The van der Waals surface area contributed by atoms with Gasteiger partial charge in [0, 0.05) is 10.4 Å². The maximum Gasteiger partial charge on any atom is 0.0477 e. The molecule has 1 rings (SSSR count). The van der Waals surface area contributed by atoms with E-state index in [2.05, 4.69) is 55.8 Å². The maximum absolute atomic E-state index is 6.03. The van der Waals surface area contributed by atoms with Gasteiger partial charge in [-0.25, -0.2) is 0 Å². The first-order valence-corrected chi connectivity index (χ1v) is 7.69. The molecule has 1 aromatic rings. The first-order chi connectivity index (χ1) is 7.99. The van der Waals surface area contributed by atoms with Crippen molar-refractivity contribution in [2.45, 2.75) is 52.3 Å². The molecule has 2 heteroatoms. The van der Waals surface area contributed by atoms with Crippen LogP contribution in [0, 0.1) is 5.92 Å². The van der Waals surface area contributed by atoms with E-state index in [9.17, 15) is 0 Å². The van der Waals surface area contributed by atoms with Crippen LogP contribution in [-0.2, 0) is 12.3 Å². The van der Waals surface area contributed by atoms with Crippen molar-refractivity contribution in [1.29, 1.82) is 0 Å². The van der Waals surface area contributed by atoms with Gasteiger partial charge in [-0.05, 0) is 47.4 Å². The van der Waals surface area contributed by atoms with Crippen molar-refractivity contribution >= 4 is 27.5 Å². The molecule has 1 atom stereocenters. The van der Waals surface area contributed by atoms with Crippen molar-refractivity contribution in [1.82, 2.24) is 0 Å². The lowest BCUT2D eigenvalue weighted by atomic mass is 9.91. The summed E-state index contributed by atoms with van der Waals surface area (Å²) in [6, 6.07) is 4.54. The molecule has 0 saturated carbocycles. The number of alkyl halides is 1. The molecule has 0 aromatic heterocycles. The molecule has 0 aliphatic carbocycles. The highest BCUT2D eigenvalue weighted by Crippen LogP contribution is 2.31. The van der Waals surface area contributed by atoms with Gasteiger partial charge in [-0.1, -0.05) is 49.7 Å². The molecule has 0 heterocycles. The van der Waals surface area contributed by atoms with E-state index in [1.54, 1.807) is 0 Å². The first-order valence-electron chi connectivity index (χ1n) is 6.36. The molecular weight excluding hydrogens is 296 g/mol. The van der Waals surface area contributed by atoms with Gasteiger partial charge in [0.2, 0.25) is 0 Å². The Kier molecular flexibility index (Phi) is 6.02. The largest absolute Gasteiger partial charge is 0.122 e. The van der Waals surface area contributed by atoms with Crippen LogP contribution in [-0.4, -0.2) is 0 Å². The molecule has 0 aliphatic rings. The lowest BCUT2D eigenvalue weighted by Gasteiger charge is -2.17. The Labute approximate surface area is 119 Å². The fourth-order valence-electron chi connectivity index (χ4n) is 2.03. The minimum atomic E-state index is 0.597.